The summed E-state index contributed by atoms with van der Waals surface area (Å²) in [5, 5.41) is 0. The lowest BCUT2D eigenvalue weighted by molar-refractivity contribution is 0.342. The molecule has 0 aliphatic heterocycles. The predicted molar refractivity (Wildman–Crippen MR) is 74.8 cm³/mol. The van der Waals surface area contributed by atoms with Crippen LogP contribution in [-0.2, 0) is 6.54 Å². The van der Waals surface area contributed by atoms with Gasteiger partial charge in [0.1, 0.15) is 5.75 Å². The third-order valence-electron chi connectivity index (χ3n) is 2.37. The van der Waals surface area contributed by atoms with Crippen molar-refractivity contribution in [2.75, 3.05) is 12.4 Å². The van der Waals surface area contributed by atoms with Crippen LogP contribution in [0.15, 0.2) is 53.6 Å². The van der Waals surface area contributed by atoms with Crippen LogP contribution in [0.1, 0.15) is 5.69 Å². The Hall–Kier alpha value is -1.52. The molecule has 2 N–H and O–H groups in total. The molecule has 0 spiro atoms. The van der Waals surface area contributed by atoms with Crippen molar-refractivity contribution in [3.8, 4) is 5.75 Å². The molecule has 0 saturated carbocycles. The van der Waals surface area contributed by atoms with Gasteiger partial charge in [-0.1, -0.05) is 18.2 Å². The highest BCUT2D eigenvalue weighted by atomic mass is 32.2. The monoisotopic (exact) mass is 260 g/mol. The third kappa shape index (κ3) is 4.05. The molecule has 2 aromatic rings. The zero-order valence-electron chi connectivity index (χ0n) is 10.1. The van der Waals surface area contributed by atoms with Gasteiger partial charge in [-0.05, 0) is 24.3 Å². The first kappa shape index (κ1) is 12.9. The molecule has 0 saturated heterocycles. The molecule has 0 amide bonds. The van der Waals surface area contributed by atoms with Gasteiger partial charge in [-0.15, -0.1) is 11.8 Å². The van der Waals surface area contributed by atoms with Crippen LogP contribution in [-0.4, -0.2) is 17.3 Å². The smallest absolute Gasteiger partial charge is 0.137 e. The van der Waals surface area contributed by atoms with Crippen molar-refractivity contribution in [3.05, 3.63) is 54.4 Å². The Morgan fingerprint density at radius 3 is 2.61 bits per heavy atom. The van der Waals surface area contributed by atoms with E-state index in [1.807, 2.05) is 30.3 Å². The molecule has 4 heteroatoms. The zero-order chi connectivity index (χ0) is 12.6. The second-order valence-electron chi connectivity index (χ2n) is 3.70. The summed E-state index contributed by atoms with van der Waals surface area (Å²) < 4.78 is 5.60. The number of hydrogen-bond acceptors (Lipinski definition) is 4. The Balaban J connectivity index is 1.72. The van der Waals surface area contributed by atoms with Gasteiger partial charge in [0.15, 0.2) is 0 Å². The van der Waals surface area contributed by atoms with Gasteiger partial charge in [-0.3, -0.25) is 4.98 Å². The number of rotatable bonds is 6. The minimum atomic E-state index is 0.462. The quantitative estimate of drug-likeness (QED) is 0.641. The average molecular weight is 260 g/mol. The predicted octanol–water partition coefficient (Wildman–Crippen LogP) is 2.71. The molecule has 0 radical (unpaired) electrons. The van der Waals surface area contributed by atoms with Crippen molar-refractivity contribution < 1.29 is 4.74 Å². The number of pyridine rings is 1. The summed E-state index contributed by atoms with van der Waals surface area (Å²) in [6.07, 6.45) is 1.72. The van der Waals surface area contributed by atoms with E-state index in [9.17, 15) is 0 Å². The van der Waals surface area contributed by atoms with Gasteiger partial charge >= 0.3 is 0 Å². The van der Waals surface area contributed by atoms with Crippen LogP contribution in [0.2, 0.25) is 0 Å². The molecule has 3 nitrogen and oxygen atoms in total. The van der Waals surface area contributed by atoms with E-state index in [0.717, 1.165) is 17.2 Å². The summed E-state index contributed by atoms with van der Waals surface area (Å²) in [5.74, 6) is 1.71. The number of thioether (sulfide) groups is 1. The van der Waals surface area contributed by atoms with Gasteiger partial charge in [0.2, 0.25) is 0 Å². The summed E-state index contributed by atoms with van der Waals surface area (Å²) in [6, 6.07) is 14.1. The highest BCUT2D eigenvalue weighted by Crippen LogP contribution is 2.17. The van der Waals surface area contributed by atoms with E-state index >= 15 is 0 Å². The van der Waals surface area contributed by atoms with Crippen LogP contribution in [0.5, 0.6) is 5.75 Å². The fraction of sp³-hybridized carbons (Fsp3) is 0.214. The first-order valence-corrected chi connectivity index (χ1v) is 6.82. The lowest BCUT2D eigenvalue weighted by Crippen LogP contribution is -2.02. The molecule has 0 fully saturated rings. The zero-order valence-corrected chi connectivity index (χ0v) is 10.9. The minimum absolute atomic E-state index is 0.462. The van der Waals surface area contributed by atoms with E-state index in [1.165, 1.54) is 4.90 Å². The van der Waals surface area contributed by atoms with Crippen molar-refractivity contribution >= 4 is 11.8 Å². The Morgan fingerprint density at radius 2 is 1.94 bits per heavy atom. The number of aromatic nitrogens is 1. The number of benzene rings is 1. The first-order valence-electron chi connectivity index (χ1n) is 5.84. The maximum atomic E-state index is 5.60. The second kappa shape index (κ2) is 7.03. The first-order chi connectivity index (χ1) is 8.88. The van der Waals surface area contributed by atoms with Crippen LogP contribution in [0.3, 0.4) is 0 Å². The lowest BCUT2D eigenvalue weighted by Gasteiger charge is -2.06. The Morgan fingerprint density at radius 1 is 1.11 bits per heavy atom. The molecule has 0 unspecified atom stereocenters. The van der Waals surface area contributed by atoms with Crippen LogP contribution in [0, 0.1) is 0 Å². The molecule has 1 aromatic heterocycles. The summed E-state index contributed by atoms with van der Waals surface area (Å²) >= 11 is 1.78. The maximum Gasteiger partial charge on any atom is 0.137 e. The van der Waals surface area contributed by atoms with Gasteiger partial charge in [0, 0.05) is 17.2 Å². The van der Waals surface area contributed by atoms with E-state index in [4.69, 9.17) is 10.5 Å². The lowest BCUT2D eigenvalue weighted by atomic mass is 10.3. The van der Waals surface area contributed by atoms with Gasteiger partial charge in [0.05, 0.1) is 18.5 Å². The fourth-order valence-electron chi connectivity index (χ4n) is 1.45. The molecule has 0 aliphatic rings. The summed E-state index contributed by atoms with van der Waals surface area (Å²) in [4.78, 5) is 5.44. The Bertz CT molecular complexity index is 459. The molecule has 0 atom stereocenters. The fourth-order valence-corrected chi connectivity index (χ4v) is 2.20. The molecule has 0 aliphatic carbocycles. The summed E-state index contributed by atoms with van der Waals surface area (Å²) in [6.45, 7) is 1.13. The maximum absolute atomic E-state index is 5.60. The molecule has 0 bridgehead atoms. The van der Waals surface area contributed by atoms with E-state index in [0.29, 0.717) is 13.2 Å². The summed E-state index contributed by atoms with van der Waals surface area (Å²) in [5.41, 5.74) is 6.36. The van der Waals surface area contributed by atoms with Crippen molar-refractivity contribution in [2.45, 2.75) is 11.4 Å². The third-order valence-corrected chi connectivity index (χ3v) is 3.35. The van der Waals surface area contributed by atoms with Crippen LogP contribution >= 0.6 is 11.8 Å². The molecule has 2 rings (SSSR count). The second-order valence-corrected chi connectivity index (χ2v) is 4.87. The molecule has 94 valence electrons. The van der Waals surface area contributed by atoms with E-state index in [-0.39, 0.29) is 0 Å². The standard InChI is InChI=1S/C14H16N2OS/c15-10-12-6-7-13(11-16-12)17-8-9-18-14-4-2-1-3-5-14/h1-7,11H,8-10,15H2. The SMILES string of the molecule is NCc1ccc(OCCSc2ccccc2)cn1. The van der Waals surface area contributed by atoms with Crippen molar-refractivity contribution in [2.24, 2.45) is 5.73 Å². The molecular formula is C14H16N2OS. The van der Waals surface area contributed by atoms with Crippen molar-refractivity contribution in [3.63, 3.8) is 0 Å². The number of nitrogens with zero attached hydrogens (tertiary/aromatic N) is 1. The summed E-state index contributed by atoms with van der Waals surface area (Å²) in [7, 11) is 0. The van der Waals surface area contributed by atoms with Gasteiger partial charge in [-0.2, -0.15) is 0 Å². The van der Waals surface area contributed by atoms with Crippen molar-refractivity contribution in [1.29, 1.82) is 0 Å². The highest BCUT2D eigenvalue weighted by Gasteiger charge is 1.96. The van der Waals surface area contributed by atoms with Crippen LogP contribution in [0.25, 0.3) is 0 Å². The molecule has 1 heterocycles. The number of ether oxygens (including phenoxy) is 1. The molecule has 1 aromatic carbocycles. The van der Waals surface area contributed by atoms with Crippen LogP contribution in [0.4, 0.5) is 0 Å². The number of nitrogens with two attached hydrogens (primary N) is 1. The van der Waals surface area contributed by atoms with E-state index in [2.05, 4.69) is 17.1 Å². The topological polar surface area (TPSA) is 48.1 Å². The largest absolute Gasteiger partial charge is 0.491 e. The van der Waals surface area contributed by atoms with Gasteiger partial charge < -0.3 is 10.5 Å². The van der Waals surface area contributed by atoms with Crippen molar-refractivity contribution in [1.82, 2.24) is 4.98 Å². The Kier molecular flexibility index (Phi) is 5.05. The van der Waals surface area contributed by atoms with Crippen LogP contribution < -0.4 is 10.5 Å². The normalized spacial score (nSPS) is 10.3. The molecular weight excluding hydrogens is 244 g/mol. The average Bonchev–Trinajstić information content (AvgIpc) is 2.45. The van der Waals surface area contributed by atoms with Gasteiger partial charge in [0.25, 0.3) is 0 Å². The molecule has 18 heavy (non-hydrogen) atoms. The van der Waals surface area contributed by atoms with E-state index < -0.39 is 0 Å². The van der Waals surface area contributed by atoms with Gasteiger partial charge in [-0.25, -0.2) is 0 Å². The highest BCUT2D eigenvalue weighted by molar-refractivity contribution is 7.99. The minimum Gasteiger partial charge on any atom is -0.491 e. The van der Waals surface area contributed by atoms with E-state index in [1.54, 1.807) is 18.0 Å². The Labute approximate surface area is 111 Å². The number of hydrogen-bond donors (Lipinski definition) is 1.